The van der Waals surface area contributed by atoms with Crippen LogP contribution in [0.2, 0.25) is 0 Å². The normalized spacial score (nSPS) is 20.5. The molecule has 0 radical (unpaired) electrons. The van der Waals surface area contributed by atoms with E-state index in [-0.39, 0.29) is 0 Å². The first-order valence-electron chi connectivity index (χ1n) is 12.2. The highest BCUT2D eigenvalue weighted by Crippen LogP contribution is 2.41. The molecule has 4 aromatic rings. The average Bonchev–Trinajstić information content (AvgIpc) is 3.21. The first-order chi connectivity index (χ1) is 17.2. The summed E-state index contributed by atoms with van der Waals surface area (Å²) in [6.45, 7) is 3.00. The van der Waals surface area contributed by atoms with Crippen molar-refractivity contribution >= 4 is 11.6 Å². The number of morpholine rings is 1. The second kappa shape index (κ2) is 8.94. The molecule has 6 rings (SSSR count). The van der Waals surface area contributed by atoms with Crippen molar-refractivity contribution in [2.45, 2.75) is 31.3 Å². The topological polar surface area (TPSA) is 85.0 Å². The summed E-state index contributed by atoms with van der Waals surface area (Å²) in [5.41, 5.74) is 4.18. The molecule has 1 aromatic carbocycles. The van der Waals surface area contributed by atoms with Crippen LogP contribution in [0.15, 0.2) is 55.0 Å². The van der Waals surface area contributed by atoms with Gasteiger partial charge in [0.25, 0.3) is 0 Å². The molecule has 4 heterocycles. The van der Waals surface area contributed by atoms with Crippen LogP contribution in [0.3, 0.4) is 0 Å². The summed E-state index contributed by atoms with van der Waals surface area (Å²) in [5, 5.41) is 12.2. The fourth-order valence-electron chi connectivity index (χ4n) is 5.23. The van der Waals surface area contributed by atoms with E-state index in [1.54, 1.807) is 7.11 Å². The summed E-state index contributed by atoms with van der Waals surface area (Å²) in [4.78, 5) is 16.3. The van der Waals surface area contributed by atoms with Crippen LogP contribution in [0.25, 0.3) is 16.8 Å². The van der Waals surface area contributed by atoms with Crippen molar-refractivity contribution in [1.82, 2.24) is 19.4 Å². The molecule has 1 aliphatic carbocycles. The Kier molecular flexibility index (Phi) is 5.62. The molecular formula is C27H29N5O3. The molecule has 1 N–H and O–H groups in total. The predicted molar refractivity (Wildman–Crippen MR) is 133 cm³/mol. The molecule has 0 amide bonds. The number of aromatic nitrogens is 4. The Morgan fingerprint density at radius 1 is 1.03 bits per heavy atom. The lowest BCUT2D eigenvalue weighted by Gasteiger charge is -2.29. The number of anilines is 1. The van der Waals surface area contributed by atoms with E-state index in [4.69, 9.17) is 14.5 Å². The molecule has 180 valence electrons. The van der Waals surface area contributed by atoms with E-state index in [2.05, 4.69) is 14.9 Å². The lowest BCUT2D eigenvalue weighted by atomic mass is 9.86. The van der Waals surface area contributed by atoms with Gasteiger partial charge in [-0.15, -0.1) is 0 Å². The lowest BCUT2D eigenvalue weighted by Crippen LogP contribution is -2.37. The number of hydrogen-bond acceptors (Lipinski definition) is 7. The third-order valence-electron chi connectivity index (χ3n) is 7.10. The number of pyridine rings is 1. The average molecular weight is 472 g/mol. The number of rotatable bonds is 4. The van der Waals surface area contributed by atoms with Crippen LogP contribution in [0.1, 0.15) is 36.2 Å². The fraction of sp³-hybridized carbons (Fsp3) is 0.370. The van der Waals surface area contributed by atoms with Gasteiger partial charge < -0.3 is 19.5 Å². The highest BCUT2D eigenvalue weighted by molar-refractivity contribution is 5.64. The number of nitrogens with zero attached hydrogens (tertiary/aromatic N) is 5. The van der Waals surface area contributed by atoms with Crippen molar-refractivity contribution in [3.8, 4) is 16.9 Å². The largest absolute Gasteiger partial charge is 0.497 e. The van der Waals surface area contributed by atoms with Gasteiger partial charge in [0.05, 0.1) is 31.7 Å². The summed E-state index contributed by atoms with van der Waals surface area (Å²) in [5.74, 6) is 1.45. The Bertz CT molecular complexity index is 1350. The van der Waals surface area contributed by atoms with E-state index in [9.17, 15) is 5.11 Å². The smallest absolute Gasteiger partial charge is 0.225 e. The summed E-state index contributed by atoms with van der Waals surface area (Å²) in [6.07, 6.45) is 9.16. The maximum Gasteiger partial charge on any atom is 0.225 e. The molecular weight excluding hydrogens is 442 g/mol. The molecule has 3 aromatic heterocycles. The molecule has 1 aliphatic heterocycles. The van der Waals surface area contributed by atoms with Crippen LogP contribution in [0.4, 0.5) is 5.95 Å². The SMILES string of the molecule is COc1cccc(C2(O)CCCCc3nc4ccc(-c5cnc(N6CCOCC6)nc5)cn4c32)c1. The first kappa shape index (κ1) is 22.0. The van der Waals surface area contributed by atoms with Gasteiger partial charge in [0, 0.05) is 42.8 Å². The number of hydrogen-bond donors (Lipinski definition) is 1. The van der Waals surface area contributed by atoms with Crippen LogP contribution in [-0.4, -0.2) is 57.9 Å². The van der Waals surface area contributed by atoms with Crippen LogP contribution in [-0.2, 0) is 16.8 Å². The van der Waals surface area contributed by atoms with E-state index in [0.717, 1.165) is 77.8 Å². The number of methoxy groups -OCH3 is 1. The number of benzene rings is 1. The van der Waals surface area contributed by atoms with Crippen molar-refractivity contribution in [3.63, 3.8) is 0 Å². The molecule has 0 saturated carbocycles. The van der Waals surface area contributed by atoms with Gasteiger partial charge in [-0.1, -0.05) is 12.1 Å². The van der Waals surface area contributed by atoms with E-state index >= 15 is 0 Å². The summed E-state index contributed by atoms with van der Waals surface area (Å²) < 4.78 is 12.9. The second-order valence-corrected chi connectivity index (χ2v) is 9.22. The van der Waals surface area contributed by atoms with E-state index in [1.807, 2.05) is 59.4 Å². The highest BCUT2D eigenvalue weighted by Gasteiger charge is 2.39. The number of aryl methyl sites for hydroxylation is 1. The monoisotopic (exact) mass is 471 g/mol. The van der Waals surface area contributed by atoms with E-state index in [1.165, 1.54) is 0 Å². The standard InChI is InChI=1S/C27H29N5O3/c1-34-22-6-4-5-21(15-22)27(33)10-3-2-7-23-25(27)32-18-19(8-9-24(32)30-23)20-16-28-26(29-17-20)31-11-13-35-14-12-31/h4-6,8-9,15-18,33H,2-3,7,10-14H2,1H3. The molecule has 35 heavy (non-hydrogen) atoms. The summed E-state index contributed by atoms with van der Waals surface area (Å²) >= 11 is 0. The third kappa shape index (κ3) is 3.92. The van der Waals surface area contributed by atoms with Gasteiger partial charge in [-0.3, -0.25) is 4.40 Å². The van der Waals surface area contributed by atoms with Gasteiger partial charge in [0.1, 0.15) is 17.0 Å². The van der Waals surface area contributed by atoms with Gasteiger partial charge in [0.15, 0.2) is 0 Å². The summed E-state index contributed by atoms with van der Waals surface area (Å²) in [6, 6.07) is 11.8. The number of aliphatic hydroxyl groups is 1. The molecule has 1 unspecified atom stereocenters. The molecule has 1 atom stereocenters. The Morgan fingerprint density at radius 3 is 2.66 bits per heavy atom. The van der Waals surface area contributed by atoms with Crippen molar-refractivity contribution in [3.05, 3.63) is 71.9 Å². The Labute approximate surface area is 204 Å². The van der Waals surface area contributed by atoms with Crippen molar-refractivity contribution < 1.29 is 14.6 Å². The highest BCUT2D eigenvalue weighted by atomic mass is 16.5. The molecule has 2 aliphatic rings. The number of fused-ring (bicyclic) bond motifs is 3. The minimum atomic E-state index is -1.16. The van der Waals surface area contributed by atoms with E-state index in [0.29, 0.717) is 19.6 Å². The maximum atomic E-state index is 12.2. The number of imidazole rings is 1. The van der Waals surface area contributed by atoms with Crippen LogP contribution in [0.5, 0.6) is 5.75 Å². The van der Waals surface area contributed by atoms with Crippen molar-refractivity contribution in [2.75, 3.05) is 38.3 Å². The predicted octanol–water partition coefficient (Wildman–Crippen LogP) is 3.60. The molecule has 0 bridgehead atoms. The third-order valence-corrected chi connectivity index (χ3v) is 7.10. The van der Waals surface area contributed by atoms with Gasteiger partial charge in [-0.05, 0) is 55.5 Å². The van der Waals surface area contributed by atoms with Crippen molar-refractivity contribution in [1.29, 1.82) is 0 Å². The minimum Gasteiger partial charge on any atom is -0.497 e. The zero-order valence-corrected chi connectivity index (χ0v) is 19.9. The van der Waals surface area contributed by atoms with Gasteiger partial charge in [-0.2, -0.15) is 0 Å². The van der Waals surface area contributed by atoms with Crippen LogP contribution in [0, 0.1) is 0 Å². The van der Waals surface area contributed by atoms with Gasteiger partial charge >= 0.3 is 0 Å². The first-order valence-corrected chi connectivity index (χ1v) is 12.2. The zero-order valence-electron chi connectivity index (χ0n) is 19.9. The minimum absolute atomic E-state index is 0.628. The Balaban J connectivity index is 1.43. The van der Waals surface area contributed by atoms with Crippen LogP contribution < -0.4 is 9.64 Å². The molecule has 8 nitrogen and oxygen atoms in total. The quantitative estimate of drug-likeness (QED) is 0.455. The molecule has 0 spiro atoms. The van der Waals surface area contributed by atoms with Gasteiger partial charge in [0.2, 0.25) is 5.95 Å². The number of ether oxygens (including phenoxy) is 2. The van der Waals surface area contributed by atoms with Crippen molar-refractivity contribution in [2.24, 2.45) is 0 Å². The molecule has 1 fully saturated rings. The summed E-state index contributed by atoms with van der Waals surface area (Å²) in [7, 11) is 1.65. The maximum absolute atomic E-state index is 12.2. The Hall–Kier alpha value is -3.49. The molecule has 8 heteroatoms. The molecule has 1 saturated heterocycles. The lowest BCUT2D eigenvalue weighted by molar-refractivity contribution is 0.0649. The second-order valence-electron chi connectivity index (χ2n) is 9.22. The van der Waals surface area contributed by atoms with Gasteiger partial charge in [-0.25, -0.2) is 15.0 Å². The fourth-order valence-corrected chi connectivity index (χ4v) is 5.23. The van der Waals surface area contributed by atoms with Crippen LogP contribution >= 0.6 is 0 Å². The van der Waals surface area contributed by atoms with E-state index < -0.39 is 5.60 Å². The zero-order chi connectivity index (χ0) is 23.8. The Morgan fingerprint density at radius 2 is 1.86 bits per heavy atom.